The molecule has 0 unspecified atom stereocenters. The Kier molecular flexibility index (Phi) is 5.21. The number of aryl methyl sites for hydroxylation is 2. The number of carbonyl (C=O) groups excluding carboxylic acids is 1. The highest BCUT2D eigenvalue weighted by Crippen LogP contribution is 2.24. The average Bonchev–Trinajstić information content (AvgIpc) is 2.50. The van der Waals surface area contributed by atoms with E-state index >= 15 is 0 Å². The molecule has 2 aromatic rings. The summed E-state index contributed by atoms with van der Waals surface area (Å²) in [6, 6.07) is 13.9. The molecule has 22 heavy (non-hydrogen) atoms. The van der Waals surface area contributed by atoms with Crippen LogP contribution < -0.4 is 10.1 Å². The van der Waals surface area contributed by atoms with Gasteiger partial charge in [0.15, 0.2) is 6.10 Å². The highest BCUT2D eigenvalue weighted by atomic mass is 16.5. The Labute approximate surface area is 132 Å². The van der Waals surface area contributed by atoms with Gasteiger partial charge in [0.05, 0.1) is 0 Å². The monoisotopic (exact) mass is 297 g/mol. The van der Waals surface area contributed by atoms with Gasteiger partial charge in [-0.25, -0.2) is 0 Å². The van der Waals surface area contributed by atoms with Crippen molar-refractivity contribution in [3.63, 3.8) is 0 Å². The summed E-state index contributed by atoms with van der Waals surface area (Å²) in [5.74, 6) is 0.669. The molecule has 116 valence electrons. The smallest absolute Gasteiger partial charge is 0.261 e. The summed E-state index contributed by atoms with van der Waals surface area (Å²) in [5.41, 5.74) is 4.46. The minimum atomic E-state index is -0.524. The molecule has 0 bridgehead atoms. The van der Waals surface area contributed by atoms with Crippen LogP contribution in [0.15, 0.2) is 42.5 Å². The zero-order valence-electron chi connectivity index (χ0n) is 13.6. The second-order valence-electron chi connectivity index (χ2n) is 5.67. The van der Waals surface area contributed by atoms with Crippen LogP contribution in [0.1, 0.15) is 29.2 Å². The van der Waals surface area contributed by atoms with Crippen LogP contribution in [0.4, 0.5) is 0 Å². The van der Waals surface area contributed by atoms with E-state index in [4.69, 9.17) is 4.74 Å². The number of carbonyl (C=O) groups is 1. The molecule has 2 aromatic carbocycles. The average molecular weight is 297 g/mol. The molecule has 3 heteroatoms. The number of nitrogens with one attached hydrogen (secondary N) is 1. The fourth-order valence-electron chi connectivity index (χ4n) is 2.30. The lowest BCUT2D eigenvalue weighted by Gasteiger charge is -2.18. The second-order valence-corrected chi connectivity index (χ2v) is 5.67. The molecule has 0 aliphatic rings. The highest BCUT2D eigenvalue weighted by molar-refractivity contribution is 5.80. The van der Waals surface area contributed by atoms with Crippen molar-refractivity contribution in [1.29, 1.82) is 0 Å². The summed E-state index contributed by atoms with van der Waals surface area (Å²) in [6.45, 7) is 8.38. The maximum absolute atomic E-state index is 12.2. The van der Waals surface area contributed by atoms with Gasteiger partial charge in [0, 0.05) is 6.54 Å². The van der Waals surface area contributed by atoms with Crippen molar-refractivity contribution in [3.8, 4) is 5.75 Å². The summed E-state index contributed by atoms with van der Waals surface area (Å²) in [5, 5.41) is 2.90. The lowest BCUT2D eigenvalue weighted by molar-refractivity contribution is -0.127. The van der Waals surface area contributed by atoms with Crippen molar-refractivity contribution in [2.24, 2.45) is 0 Å². The third-order valence-electron chi connectivity index (χ3n) is 3.75. The van der Waals surface area contributed by atoms with Gasteiger partial charge in [0.1, 0.15) is 5.75 Å². The fraction of sp³-hybridized carbons (Fsp3) is 0.316. The predicted octanol–water partition coefficient (Wildman–Crippen LogP) is 3.70. The molecule has 3 nitrogen and oxygen atoms in total. The molecule has 0 aliphatic heterocycles. The first-order valence-electron chi connectivity index (χ1n) is 7.53. The summed E-state index contributed by atoms with van der Waals surface area (Å²) in [6.07, 6.45) is -0.524. The van der Waals surface area contributed by atoms with Gasteiger partial charge in [0.2, 0.25) is 0 Å². The van der Waals surface area contributed by atoms with Gasteiger partial charge in [0.25, 0.3) is 5.91 Å². The van der Waals surface area contributed by atoms with E-state index in [1.54, 1.807) is 6.92 Å². The summed E-state index contributed by atoms with van der Waals surface area (Å²) in [4.78, 5) is 12.2. The van der Waals surface area contributed by atoms with Crippen LogP contribution in [0.2, 0.25) is 0 Å². The van der Waals surface area contributed by atoms with Crippen molar-refractivity contribution >= 4 is 5.91 Å². The quantitative estimate of drug-likeness (QED) is 0.914. The fourth-order valence-corrected chi connectivity index (χ4v) is 2.30. The predicted molar refractivity (Wildman–Crippen MR) is 89.0 cm³/mol. The Morgan fingerprint density at radius 3 is 2.50 bits per heavy atom. The van der Waals surface area contributed by atoms with Crippen LogP contribution in [0, 0.1) is 20.8 Å². The molecule has 1 atom stereocenters. The third-order valence-corrected chi connectivity index (χ3v) is 3.75. The molecule has 0 heterocycles. The molecule has 0 radical (unpaired) electrons. The van der Waals surface area contributed by atoms with Gasteiger partial charge in [-0.1, -0.05) is 36.4 Å². The number of ether oxygens (including phenoxy) is 1. The van der Waals surface area contributed by atoms with Crippen molar-refractivity contribution in [1.82, 2.24) is 5.32 Å². The van der Waals surface area contributed by atoms with Gasteiger partial charge >= 0.3 is 0 Å². The molecule has 2 rings (SSSR count). The van der Waals surface area contributed by atoms with Crippen LogP contribution in [0.25, 0.3) is 0 Å². The Bertz CT molecular complexity index is 650. The minimum absolute atomic E-state index is 0.109. The van der Waals surface area contributed by atoms with Crippen LogP contribution in [0.5, 0.6) is 5.75 Å². The lowest BCUT2D eigenvalue weighted by Crippen LogP contribution is -2.36. The lowest BCUT2D eigenvalue weighted by atomic mass is 10.1. The topological polar surface area (TPSA) is 38.3 Å². The molecule has 0 fully saturated rings. The maximum Gasteiger partial charge on any atom is 0.261 e. The van der Waals surface area contributed by atoms with Gasteiger partial charge in [-0.15, -0.1) is 0 Å². The normalized spacial score (nSPS) is 11.8. The number of hydrogen-bond donors (Lipinski definition) is 1. The zero-order valence-corrected chi connectivity index (χ0v) is 13.6. The maximum atomic E-state index is 12.2. The van der Waals surface area contributed by atoms with E-state index in [0.29, 0.717) is 6.54 Å². The number of rotatable bonds is 5. The molecule has 0 spiro atoms. The van der Waals surface area contributed by atoms with Gasteiger partial charge in [-0.2, -0.15) is 0 Å². The van der Waals surface area contributed by atoms with Crippen molar-refractivity contribution < 1.29 is 9.53 Å². The van der Waals surface area contributed by atoms with Crippen molar-refractivity contribution in [2.75, 3.05) is 0 Å². The first kappa shape index (κ1) is 16.1. The van der Waals surface area contributed by atoms with Crippen LogP contribution in [-0.2, 0) is 11.3 Å². The number of amides is 1. The highest BCUT2D eigenvalue weighted by Gasteiger charge is 2.16. The molecular weight excluding hydrogens is 274 g/mol. The Morgan fingerprint density at radius 2 is 1.82 bits per heavy atom. The summed E-state index contributed by atoms with van der Waals surface area (Å²) in [7, 11) is 0. The number of hydrogen-bond acceptors (Lipinski definition) is 2. The molecular formula is C19H23NO2. The van der Waals surface area contributed by atoms with E-state index in [-0.39, 0.29) is 5.91 Å². The first-order chi connectivity index (χ1) is 10.5. The Morgan fingerprint density at radius 1 is 1.14 bits per heavy atom. The largest absolute Gasteiger partial charge is 0.481 e. The Hall–Kier alpha value is -2.29. The van der Waals surface area contributed by atoms with Gasteiger partial charge in [-0.3, -0.25) is 4.79 Å². The Balaban J connectivity index is 1.97. The molecule has 1 N–H and O–H groups in total. The molecule has 0 saturated heterocycles. The molecule has 1 amide bonds. The molecule has 0 aromatic heterocycles. The van der Waals surface area contributed by atoms with E-state index in [1.165, 1.54) is 5.56 Å². The third kappa shape index (κ3) is 4.10. The van der Waals surface area contributed by atoms with Crippen LogP contribution >= 0.6 is 0 Å². The summed E-state index contributed by atoms with van der Waals surface area (Å²) < 4.78 is 5.84. The standard InChI is InChI=1S/C19H23NO2/c1-13-10-14(2)15(3)18(11-13)22-16(4)19(21)20-12-17-8-6-5-7-9-17/h5-11,16H,12H2,1-4H3,(H,20,21)/t16-/m0/s1. The molecule has 0 saturated carbocycles. The first-order valence-corrected chi connectivity index (χ1v) is 7.53. The van der Waals surface area contributed by atoms with Gasteiger partial charge < -0.3 is 10.1 Å². The zero-order chi connectivity index (χ0) is 16.1. The van der Waals surface area contributed by atoms with Crippen molar-refractivity contribution in [2.45, 2.75) is 40.3 Å². The van der Waals surface area contributed by atoms with Crippen LogP contribution in [0.3, 0.4) is 0 Å². The van der Waals surface area contributed by atoms with E-state index in [9.17, 15) is 4.79 Å². The number of benzene rings is 2. The van der Waals surface area contributed by atoms with E-state index in [2.05, 4.69) is 18.3 Å². The van der Waals surface area contributed by atoms with Gasteiger partial charge in [-0.05, 0) is 56.0 Å². The van der Waals surface area contributed by atoms with Crippen molar-refractivity contribution in [3.05, 3.63) is 64.7 Å². The van der Waals surface area contributed by atoms with E-state index in [1.807, 2.05) is 50.2 Å². The second kappa shape index (κ2) is 7.12. The SMILES string of the molecule is Cc1cc(C)c(C)c(O[C@@H](C)C(=O)NCc2ccccc2)c1. The van der Waals surface area contributed by atoms with E-state index in [0.717, 1.165) is 22.4 Å². The van der Waals surface area contributed by atoms with E-state index < -0.39 is 6.10 Å². The summed E-state index contributed by atoms with van der Waals surface area (Å²) >= 11 is 0. The molecule has 0 aliphatic carbocycles. The minimum Gasteiger partial charge on any atom is -0.481 e. The van der Waals surface area contributed by atoms with Crippen LogP contribution in [-0.4, -0.2) is 12.0 Å².